The third kappa shape index (κ3) is 1.44. The molecule has 1 aliphatic rings. The quantitative estimate of drug-likeness (QED) is 0.474. The first kappa shape index (κ1) is 9.83. The first-order chi connectivity index (χ1) is 5.27. The van der Waals surface area contributed by atoms with Crippen LogP contribution in [0.2, 0.25) is 0 Å². The predicted octanol–water partition coefficient (Wildman–Crippen LogP) is 4.17. The summed E-state index contributed by atoms with van der Waals surface area (Å²) in [4.78, 5) is 0. The van der Waals surface area contributed by atoms with E-state index in [1.807, 2.05) is 0 Å². The van der Waals surface area contributed by atoms with Gasteiger partial charge in [-0.25, -0.2) is 0 Å². The Balaban J connectivity index is 3.10. The Morgan fingerprint density at radius 1 is 0.750 bits per heavy atom. The second-order valence-corrected chi connectivity index (χ2v) is 5.52. The van der Waals surface area contributed by atoms with Gasteiger partial charge in [-0.1, -0.05) is 38.8 Å². The summed E-state index contributed by atoms with van der Waals surface area (Å²) < 4.78 is 0. The molecule has 0 atom stereocenters. The molecule has 0 nitrogen and oxygen atoms in total. The van der Waals surface area contributed by atoms with E-state index in [9.17, 15) is 0 Å². The van der Waals surface area contributed by atoms with Gasteiger partial charge in [0.05, 0.1) is 0 Å². The highest BCUT2D eigenvalue weighted by molar-refractivity contribution is 5.25. The lowest BCUT2D eigenvalue weighted by Crippen LogP contribution is -2.28. The van der Waals surface area contributed by atoms with Crippen LogP contribution in [-0.2, 0) is 0 Å². The number of hydrogen-bond acceptors (Lipinski definition) is 0. The van der Waals surface area contributed by atoms with Gasteiger partial charge in [-0.15, -0.1) is 0 Å². The van der Waals surface area contributed by atoms with E-state index >= 15 is 0 Å². The smallest absolute Gasteiger partial charge is 0.0144 e. The van der Waals surface area contributed by atoms with Crippen LogP contribution < -0.4 is 0 Å². The van der Waals surface area contributed by atoms with E-state index < -0.39 is 0 Å². The van der Waals surface area contributed by atoms with Crippen LogP contribution in [-0.4, -0.2) is 0 Å². The lowest BCUT2D eigenvalue weighted by molar-refractivity contribution is 0.262. The summed E-state index contributed by atoms with van der Waals surface area (Å²) in [5.41, 5.74) is 4.11. The normalized spacial score (nSPS) is 27.5. The van der Waals surface area contributed by atoms with Crippen LogP contribution in [0.4, 0.5) is 0 Å². The van der Waals surface area contributed by atoms with Crippen LogP contribution in [0.25, 0.3) is 0 Å². The fraction of sp³-hybridized carbons (Fsp3) is 0.833. The van der Waals surface area contributed by atoms with Gasteiger partial charge in [0.1, 0.15) is 0 Å². The minimum absolute atomic E-state index is 0.444. The standard InChI is InChI=1S/C12H22/c1-9-10(2)12(5,6)8-7-11(9,3)4/h7-8H2,1-6H3. The fourth-order valence-corrected chi connectivity index (χ4v) is 2.02. The van der Waals surface area contributed by atoms with Crippen molar-refractivity contribution in [3.8, 4) is 0 Å². The molecular weight excluding hydrogens is 144 g/mol. The molecule has 12 heavy (non-hydrogen) atoms. The highest BCUT2D eigenvalue weighted by Gasteiger charge is 2.34. The lowest BCUT2D eigenvalue weighted by Gasteiger charge is -2.41. The molecule has 0 unspecified atom stereocenters. The van der Waals surface area contributed by atoms with Crippen molar-refractivity contribution in [2.24, 2.45) is 10.8 Å². The Hall–Kier alpha value is -0.260. The highest BCUT2D eigenvalue weighted by Crippen LogP contribution is 2.47. The Labute approximate surface area is 77.1 Å². The van der Waals surface area contributed by atoms with Gasteiger partial charge in [-0.3, -0.25) is 0 Å². The number of rotatable bonds is 0. The van der Waals surface area contributed by atoms with Crippen LogP contribution in [0.5, 0.6) is 0 Å². The SMILES string of the molecule is CC1=C(C)C(C)(C)CCC1(C)C. The molecule has 0 aromatic carbocycles. The maximum atomic E-state index is 2.36. The van der Waals surface area contributed by atoms with E-state index in [1.54, 1.807) is 11.1 Å². The minimum atomic E-state index is 0.444. The molecule has 0 heteroatoms. The second-order valence-electron chi connectivity index (χ2n) is 5.52. The summed E-state index contributed by atoms with van der Waals surface area (Å²) in [6.07, 6.45) is 2.67. The van der Waals surface area contributed by atoms with Crippen molar-refractivity contribution in [2.75, 3.05) is 0 Å². The van der Waals surface area contributed by atoms with E-state index in [1.165, 1.54) is 12.8 Å². The van der Waals surface area contributed by atoms with E-state index in [2.05, 4.69) is 41.5 Å². The monoisotopic (exact) mass is 166 g/mol. The van der Waals surface area contributed by atoms with Crippen molar-refractivity contribution in [3.63, 3.8) is 0 Å². The molecule has 1 aliphatic carbocycles. The van der Waals surface area contributed by atoms with Crippen molar-refractivity contribution in [1.82, 2.24) is 0 Å². The Morgan fingerprint density at radius 2 is 1.00 bits per heavy atom. The van der Waals surface area contributed by atoms with E-state index in [0.29, 0.717) is 10.8 Å². The molecule has 0 saturated heterocycles. The third-order valence-electron chi connectivity index (χ3n) is 3.97. The number of allylic oxidation sites excluding steroid dienone is 2. The van der Waals surface area contributed by atoms with Gasteiger partial charge in [-0.2, -0.15) is 0 Å². The molecule has 70 valence electrons. The van der Waals surface area contributed by atoms with Crippen LogP contribution in [0.15, 0.2) is 11.1 Å². The van der Waals surface area contributed by atoms with Crippen molar-refractivity contribution in [2.45, 2.75) is 54.4 Å². The maximum Gasteiger partial charge on any atom is -0.0144 e. The molecule has 0 aromatic rings. The summed E-state index contributed by atoms with van der Waals surface area (Å²) in [6.45, 7) is 14.1. The van der Waals surface area contributed by atoms with Gasteiger partial charge in [0, 0.05) is 0 Å². The zero-order valence-corrected chi connectivity index (χ0v) is 9.41. The molecule has 0 aromatic heterocycles. The Bertz CT molecular complexity index is 192. The maximum absolute atomic E-state index is 2.36. The molecule has 0 fully saturated rings. The average molecular weight is 166 g/mol. The lowest BCUT2D eigenvalue weighted by atomic mass is 9.64. The van der Waals surface area contributed by atoms with Gasteiger partial charge < -0.3 is 0 Å². The Kier molecular flexibility index (Phi) is 2.14. The van der Waals surface area contributed by atoms with Crippen LogP contribution in [0, 0.1) is 10.8 Å². The second kappa shape index (κ2) is 2.61. The van der Waals surface area contributed by atoms with E-state index in [-0.39, 0.29) is 0 Å². The summed E-state index contributed by atoms with van der Waals surface area (Å²) in [6, 6.07) is 0. The van der Waals surface area contributed by atoms with Crippen molar-refractivity contribution in [1.29, 1.82) is 0 Å². The first-order valence-corrected chi connectivity index (χ1v) is 4.96. The van der Waals surface area contributed by atoms with Crippen molar-refractivity contribution >= 4 is 0 Å². The van der Waals surface area contributed by atoms with Crippen LogP contribution >= 0.6 is 0 Å². The Morgan fingerprint density at radius 3 is 1.25 bits per heavy atom. The molecule has 1 rings (SSSR count). The van der Waals surface area contributed by atoms with Crippen LogP contribution in [0.1, 0.15) is 54.4 Å². The first-order valence-electron chi connectivity index (χ1n) is 4.96. The van der Waals surface area contributed by atoms with Crippen LogP contribution in [0.3, 0.4) is 0 Å². The molecule has 0 heterocycles. The third-order valence-corrected chi connectivity index (χ3v) is 3.97. The molecule has 0 N–H and O–H groups in total. The van der Waals surface area contributed by atoms with Gasteiger partial charge in [0.25, 0.3) is 0 Å². The molecule has 0 spiro atoms. The van der Waals surface area contributed by atoms with E-state index in [4.69, 9.17) is 0 Å². The van der Waals surface area contributed by atoms with Crippen molar-refractivity contribution in [3.05, 3.63) is 11.1 Å². The minimum Gasteiger partial charge on any atom is -0.0682 e. The van der Waals surface area contributed by atoms with Gasteiger partial charge >= 0.3 is 0 Å². The molecule has 0 radical (unpaired) electrons. The largest absolute Gasteiger partial charge is 0.0682 e. The zero-order chi connectivity index (χ0) is 9.57. The highest BCUT2D eigenvalue weighted by atomic mass is 14.4. The summed E-state index contributed by atoms with van der Waals surface area (Å²) in [7, 11) is 0. The van der Waals surface area contributed by atoms with Gasteiger partial charge in [-0.05, 0) is 37.5 Å². The predicted molar refractivity (Wildman–Crippen MR) is 55.2 cm³/mol. The molecule has 0 amide bonds. The summed E-state index contributed by atoms with van der Waals surface area (Å²) >= 11 is 0. The molecular formula is C12H22. The topological polar surface area (TPSA) is 0 Å². The van der Waals surface area contributed by atoms with Gasteiger partial charge in [0.2, 0.25) is 0 Å². The van der Waals surface area contributed by atoms with Crippen molar-refractivity contribution < 1.29 is 0 Å². The van der Waals surface area contributed by atoms with E-state index in [0.717, 1.165) is 0 Å². The zero-order valence-electron chi connectivity index (χ0n) is 9.41. The summed E-state index contributed by atoms with van der Waals surface area (Å²) in [5.74, 6) is 0. The summed E-state index contributed by atoms with van der Waals surface area (Å²) in [5, 5.41) is 0. The molecule has 0 aliphatic heterocycles. The number of hydrogen-bond donors (Lipinski definition) is 0. The van der Waals surface area contributed by atoms with Gasteiger partial charge in [0.15, 0.2) is 0 Å². The molecule has 0 saturated carbocycles. The average Bonchev–Trinajstić information content (AvgIpc) is 1.96. The fourth-order valence-electron chi connectivity index (χ4n) is 2.02. The molecule has 0 bridgehead atoms.